The zero-order chi connectivity index (χ0) is 15.0. The van der Waals surface area contributed by atoms with Gasteiger partial charge in [0, 0.05) is 29.5 Å². The summed E-state index contributed by atoms with van der Waals surface area (Å²) in [5.74, 6) is -0.179. The molecule has 2 heterocycles. The predicted molar refractivity (Wildman–Crippen MR) is 80.0 cm³/mol. The number of halogens is 1. The number of pyridine rings is 1. The van der Waals surface area contributed by atoms with Crippen molar-refractivity contribution in [1.82, 2.24) is 14.6 Å². The first kappa shape index (κ1) is 14.9. The van der Waals surface area contributed by atoms with Crippen LogP contribution in [0.4, 0.5) is 0 Å². The highest BCUT2D eigenvalue weighted by molar-refractivity contribution is 9.10. The summed E-state index contributed by atoms with van der Waals surface area (Å²) >= 11 is 3.22. The molecule has 1 aliphatic heterocycles. The third-order valence-electron chi connectivity index (χ3n) is 3.72. The molecule has 1 N–H and O–H groups in total. The molecule has 0 bridgehead atoms. The maximum Gasteiger partial charge on any atom is 0.245 e. The minimum Gasteiger partial charge on any atom is -0.352 e. The number of hydrogen-bond donors (Lipinski definition) is 1. The van der Waals surface area contributed by atoms with Crippen LogP contribution in [0.3, 0.4) is 0 Å². The van der Waals surface area contributed by atoms with E-state index in [2.05, 4.69) is 26.2 Å². The Bertz CT molecular complexity index is 660. The second kappa shape index (κ2) is 5.66. The van der Waals surface area contributed by atoms with Crippen molar-refractivity contribution in [2.24, 2.45) is 0 Å². The van der Waals surface area contributed by atoms with Gasteiger partial charge >= 0.3 is 0 Å². The quantitative estimate of drug-likeness (QED) is 0.861. The maximum absolute atomic E-state index is 12.7. The molecular formula is C13H16BrN3O3S. The third-order valence-corrected chi connectivity index (χ3v) is 6.02. The van der Waals surface area contributed by atoms with Crippen molar-refractivity contribution < 1.29 is 13.2 Å². The molecular weight excluding hydrogens is 358 g/mol. The van der Waals surface area contributed by atoms with Crippen molar-refractivity contribution in [3.63, 3.8) is 0 Å². The van der Waals surface area contributed by atoms with Crippen LogP contribution in [0.1, 0.15) is 25.7 Å². The lowest BCUT2D eigenvalue weighted by Crippen LogP contribution is -2.46. The van der Waals surface area contributed by atoms with Gasteiger partial charge < -0.3 is 5.32 Å². The van der Waals surface area contributed by atoms with E-state index < -0.39 is 16.1 Å². The van der Waals surface area contributed by atoms with Gasteiger partial charge in [0.15, 0.2) is 0 Å². The van der Waals surface area contributed by atoms with Crippen LogP contribution in [0.2, 0.25) is 0 Å². The molecule has 0 radical (unpaired) electrons. The molecule has 1 saturated carbocycles. The second-order valence-corrected chi connectivity index (χ2v) is 8.20. The standard InChI is InChI=1S/C13H16BrN3O3S/c14-9-6-11(8-15-7-9)21(19,20)17-5-1-2-12(17)13(18)16-10-3-4-10/h6-8,10,12H,1-5H2,(H,16,18). The summed E-state index contributed by atoms with van der Waals surface area (Å²) in [6.45, 7) is 0.373. The van der Waals surface area contributed by atoms with Crippen LogP contribution in [0, 0.1) is 0 Å². The van der Waals surface area contributed by atoms with E-state index in [1.54, 1.807) is 0 Å². The molecule has 1 saturated heterocycles. The average molecular weight is 374 g/mol. The molecule has 1 aromatic rings. The van der Waals surface area contributed by atoms with Crippen LogP contribution in [0.25, 0.3) is 0 Å². The smallest absolute Gasteiger partial charge is 0.245 e. The minimum atomic E-state index is -3.69. The van der Waals surface area contributed by atoms with E-state index in [1.165, 1.54) is 22.8 Å². The Hall–Kier alpha value is -0.990. The summed E-state index contributed by atoms with van der Waals surface area (Å²) in [7, 11) is -3.69. The van der Waals surface area contributed by atoms with Crippen LogP contribution in [-0.4, -0.2) is 42.2 Å². The highest BCUT2D eigenvalue weighted by Crippen LogP contribution is 2.28. The lowest BCUT2D eigenvalue weighted by atomic mass is 10.2. The highest BCUT2D eigenvalue weighted by Gasteiger charge is 2.40. The van der Waals surface area contributed by atoms with Gasteiger partial charge in [0.25, 0.3) is 0 Å². The molecule has 6 nitrogen and oxygen atoms in total. The number of carbonyl (C=O) groups is 1. The van der Waals surface area contributed by atoms with Gasteiger partial charge in [0.2, 0.25) is 15.9 Å². The zero-order valence-corrected chi connectivity index (χ0v) is 13.7. The fraction of sp³-hybridized carbons (Fsp3) is 0.538. The first-order valence-corrected chi connectivity index (χ1v) is 9.14. The topological polar surface area (TPSA) is 79.4 Å². The molecule has 1 unspecified atom stereocenters. The van der Waals surface area contributed by atoms with E-state index in [-0.39, 0.29) is 16.8 Å². The largest absolute Gasteiger partial charge is 0.352 e. The molecule has 1 amide bonds. The lowest BCUT2D eigenvalue weighted by molar-refractivity contribution is -0.124. The summed E-state index contributed by atoms with van der Waals surface area (Å²) in [6, 6.07) is 1.14. The monoisotopic (exact) mass is 373 g/mol. The fourth-order valence-corrected chi connectivity index (χ4v) is 4.65. The number of aromatic nitrogens is 1. The average Bonchev–Trinajstić information content (AvgIpc) is 3.10. The molecule has 1 aromatic heterocycles. The van der Waals surface area contributed by atoms with Crippen molar-refractivity contribution in [3.05, 3.63) is 22.9 Å². The van der Waals surface area contributed by atoms with Crippen molar-refractivity contribution in [2.45, 2.75) is 42.7 Å². The Morgan fingerprint density at radius 2 is 2.10 bits per heavy atom. The zero-order valence-electron chi connectivity index (χ0n) is 11.3. The van der Waals surface area contributed by atoms with E-state index in [0.29, 0.717) is 23.9 Å². The van der Waals surface area contributed by atoms with E-state index in [9.17, 15) is 13.2 Å². The minimum absolute atomic E-state index is 0.114. The van der Waals surface area contributed by atoms with Gasteiger partial charge in [-0.2, -0.15) is 4.31 Å². The summed E-state index contributed by atoms with van der Waals surface area (Å²) in [4.78, 5) is 16.2. The van der Waals surface area contributed by atoms with Crippen molar-refractivity contribution in [3.8, 4) is 0 Å². The van der Waals surface area contributed by atoms with Crippen molar-refractivity contribution in [1.29, 1.82) is 0 Å². The Morgan fingerprint density at radius 1 is 1.33 bits per heavy atom. The summed E-state index contributed by atoms with van der Waals surface area (Å²) < 4.78 is 27.3. The summed E-state index contributed by atoms with van der Waals surface area (Å²) in [6.07, 6.45) is 6.08. The molecule has 1 aliphatic carbocycles. The molecule has 8 heteroatoms. The Kier molecular flexibility index (Phi) is 4.02. The van der Waals surface area contributed by atoms with Gasteiger partial charge in [-0.3, -0.25) is 9.78 Å². The number of nitrogens with zero attached hydrogens (tertiary/aromatic N) is 2. The van der Waals surface area contributed by atoms with Crippen LogP contribution < -0.4 is 5.32 Å². The lowest BCUT2D eigenvalue weighted by Gasteiger charge is -2.23. The molecule has 2 fully saturated rings. The first-order chi connectivity index (χ1) is 9.98. The highest BCUT2D eigenvalue weighted by atomic mass is 79.9. The Balaban J connectivity index is 1.84. The van der Waals surface area contributed by atoms with Crippen LogP contribution >= 0.6 is 15.9 Å². The number of sulfonamides is 1. The third kappa shape index (κ3) is 3.12. The number of nitrogens with one attached hydrogen (secondary N) is 1. The van der Waals surface area contributed by atoms with Crippen LogP contribution in [0.15, 0.2) is 27.8 Å². The first-order valence-electron chi connectivity index (χ1n) is 6.91. The molecule has 2 aliphatic rings. The van der Waals surface area contributed by atoms with Gasteiger partial charge in [-0.05, 0) is 47.7 Å². The van der Waals surface area contributed by atoms with E-state index >= 15 is 0 Å². The van der Waals surface area contributed by atoms with E-state index in [1.807, 2.05) is 0 Å². The number of amides is 1. The van der Waals surface area contributed by atoms with Gasteiger partial charge in [0.1, 0.15) is 10.9 Å². The van der Waals surface area contributed by atoms with Gasteiger partial charge in [0.05, 0.1) is 0 Å². The molecule has 0 spiro atoms. The van der Waals surface area contributed by atoms with Crippen LogP contribution in [-0.2, 0) is 14.8 Å². The van der Waals surface area contributed by atoms with Gasteiger partial charge in [-0.25, -0.2) is 8.42 Å². The van der Waals surface area contributed by atoms with Gasteiger partial charge in [-0.15, -0.1) is 0 Å². The predicted octanol–water partition coefficient (Wildman–Crippen LogP) is 1.28. The summed E-state index contributed by atoms with van der Waals surface area (Å²) in [5, 5.41) is 2.89. The Morgan fingerprint density at radius 3 is 2.76 bits per heavy atom. The SMILES string of the molecule is O=C(NC1CC1)C1CCCN1S(=O)(=O)c1cncc(Br)c1. The van der Waals surface area contributed by atoms with E-state index in [4.69, 9.17) is 0 Å². The molecule has 0 aromatic carbocycles. The second-order valence-electron chi connectivity index (χ2n) is 5.40. The maximum atomic E-state index is 12.7. The number of carbonyl (C=O) groups excluding carboxylic acids is 1. The molecule has 114 valence electrons. The van der Waals surface area contributed by atoms with Crippen molar-refractivity contribution in [2.75, 3.05) is 6.54 Å². The number of hydrogen-bond acceptors (Lipinski definition) is 4. The Labute approximate surface area is 132 Å². The summed E-state index contributed by atoms with van der Waals surface area (Å²) in [5.41, 5.74) is 0. The molecule has 21 heavy (non-hydrogen) atoms. The van der Waals surface area contributed by atoms with Crippen LogP contribution in [0.5, 0.6) is 0 Å². The van der Waals surface area contributed by atoms with Crippen molar-refractivity contribution >= 4 is 31.9 Å². The normalized spacial score (nSPS) is 23.2. The van der Waals surface area contributed by atoms with E-state index in [0.717, 1.165) is 12.8 Å². The number of rotatable bonds is 4. The molecule has 1 atom stereocenters. The van der Waals surface area contributed by atoms with Gasteiger partial charge in [-0.1, -0.05) is 0 Å². The molecule has 3 rings (SSSR count). The fourth-order valence-electron chi connectivity index (χ4n) is 2.48.